The lowest BCUT2D eigenvalue weighted by molar-refractivity contribution is 0.208. The van der Waals surface area contributed by atoms with E-state index in [1.165, 1.54) is 5.56 Å². The number of fused-ring (bicyclic) bond motifs is 1. The number of benzene rings is 2. The quantitative estimate of drug-likeness (QED) is 0.764. The van der Waals surface area contributed by atoms with Crippen molar-refractivity contribution in [2.24, 2.45) is 0 Å². The summed E-state index contributed by atoms with van der Waals surface area (Å²) in [7, 11) is 0. The van der Waals surface area contributed by atoms with Crippen LogP contribution in [0.5, 0.6) is 0 Å². The second kappa shape index (κ2) is 6.16. The molecule has 1 heterocycles. The lowest BCUT2D eigenvalue weighted by Gasteiger charge is -2.13. The molecule has 0 amide bonds. The summed E-state index contributed by atoms with van der Waals surface area (Å²) in [5.41, 5.74) is 5.22. The van der Waals surface area contributed by atoms with Crippen molar-refractivity contribution in [1.82, 2.24) is 4.98 Å². The van der Waals surface area contributed by atoms with E-state index < -0.39 is 6.10 Å². The lowest BCUT2D eigenvalue weighted by atomic mass is 10.1. The van der Waals surface area contributed by atoms with Gasteiger partial charge in [-0.25, -0.2) is 4.98 Å². The summed E-state index contributed by atoms with van der Waals surface area (Å²) in [6.07, 6.45) is -0.394. The minimum absolute atomic E-state index is 0.394. The summed E-state index contributed by atoms with van der Waals surface area (Å²) in [6, 6.07) is 18.5. The molecule has 3 rings (SSSR count). The van der Waals surface area contributed by atoms with Crippen molar-refractivity contribution in [2.45, 2.75) is 20.0 Å². The third-order valence-electron chi connectivity index (χ3n) is 3.65. The van der Waals surface area contributed by atoms with Crippen LogP contribution in [0, 0.1) is 6.92 Å². The third-order valence-corrected chi connectivity index (χ3v) is 3.65. The van der Waals surface area contributed by atoms with E-state index in [4.69, 9.17) is 4.98 Å². The van der Waals surface area contributed by atoms with E-state index in [-0.39, 0.29) is 0 Å². The van der Waals surface area contributed by atoms with E-state index >= 15 is 0 Å². The number of rotatable bonds is 4. The molecule has 0 spiro atoms. The van der Waals surface area contributed by atoms with Gasteiger partial charge in [0, 0.05) is 23.2 Å². The highest BCUT2D eigenvalue weighted by Crippen LogP contribution is 2.28. The van der Waals surface area contributed by atoms with Crippen molar-refractivity contribution in [3.63, 3.8) is 0 Å². The summed E-state index contributed by atoms with van der Waals surface area (Å²) >= 11 is 0. The number of aryl methyl sites for hydroxylation is 1. The second-order valence-corrected chi connectivity index (χ2v) is 5.67. The minimum atomic E-state index is -0.394. The first kappa shape index (κ1) is 14.5. The van der Waals surface area contributed by atoms with Crippen molar-refractivity contribution in [2.75, 3.05) is 11.9 Å². The largest absolute Gasteiger partial charge is 0.392 e. The first-order valence-corrected chi connectivity index (χ1v) is 7.52. The highest BCUT2D eigenvalue weighted by molar-refractivity contribution is 5.93. The maximum absolute atomic E-state index is 9.52. The molecule has 0 aliphatic heterocycles. The fourth-order valence-corrected chi connectivity index (χ4v) is 2.45. The van der Waals surface area contributed by atoms with Crippen LogP contribution >= 0.6 is 0 Å². The molecule has 2 N–H and O–H groups in total. The van der Waals surface area contributed by atoms with E-state index in [1.807, 2.05) is 24.3 Å². The minimum Gasteiger partial charge on any atom is -0.392 e. The van der Waals surface area contributed by atoms with E-state index in [1.54, 1.807) is 6.92 Å². The van der Waals surface area contributed by atoms with E-state index in [0.29, 0.717) is 6.54 Å². The van der Waals surface area contributed by atoms with Gasteiger partial charge in [-0.1, -0.05) is 48.0 Å². The molecule has 1 unspecified atom stereocenters. The summed E-state index contributed by atoms with van der Waals surface area (Å²) in [6.45, 7) is 4.37. The number of hydrogen-bond donors (Lipinski definition) is 2. The lowest BCUT2D eigenvalue weighted by Crippen LogP contribution is -2.15. The second-order valence-electron chi connectivity index (χ2n) is 5.67. The maximum atomic E-state index is 9.52. The third kappa shape index (κ3) is 3.10. The summed E-state index contributed by atoms with van der Waals surface area (Å²) in [4.78, 5) is 4.76. The highest BCUT2D eigenvalue weighted by atomic mass is 16.3. The molecule has 1 aromatic heterocycles. The predicted molar refractivity (Wildman–Crippen MR) is 92.1 cm³/mol. The van der Waals surface area contributed by atoms with Gasteiger partial charge in [0.2, 0.25) is 0 Å². The average molecular weight is 292 g/mol. The van der Waals surface area contributed by atoms with Crippen molar-refractivity contribution < 1.29 is 5.11 Å². The van der Waals surface area contributed by atoms with Crippen molar-refractivity contribution in [3.8, 4) is 11.3 Å². The van der Waals surface area contributed by atoms with Crippen LogP contribution in [0.25, 0.3) is 22.2 Å². The normalized spacial score (nSPS) is 12.3. The number of para-hydroxylation sites is 1. The van der Waals surface area contributed by atoms with Gasteiger partial charge in [0.05, 0.1) is 17.3 Å². The van der Waals surface area contributed by atoms with Gasteiger partial charge in [-0.2, -0.15) is 0 Å². The molecular formula is C19H20N2O. The van der Waals surface area contributed by atoms with Crippen molar-refractivity contribution in [3.05, 3.63) is 60.2 Å². The Labute approximate surface area is 130 Å². The molecule has 3 nitrogen and oxygen atoms in total. The number of nitrogens with zero attached hydrogens (tertiary/aromatic N) is 1. The van der Waals surface area contributed by atoms with Crippen LogP contribution < -0.4 is 5.32 Å². The Balaban J connectivity index is 2.09. The number of aromatic nitrogens is 1. The molecule has 0 aliphatic rings. The summed E-state index contributed by atoms with van der Waals surface area (Å²) in [5, 5.41) is 13.9. The Morgan fingerprint density at radius 1 is 1.09 bits per heavy atom. The fourth-order valence-electron chi connectivity index (χ4n) is 2.45. The zero-order chi connectivity index (χ0) is 15.5. The van der Waals surface area contributed by atoms with Gasteiger partial charge in [-0.15, -0.1) is 0 Å². The molecule has 0 saturated carbocycles. The van der Waals surface area contributed by atoms with Gasteiger partial charge in [-0.05, 0) is 26.0 Å². The van der Waals surface area contributed by atoms with Gasteiger partial charge in [-0.3, -0.25) is 0 Å². The molecule has 0 aliphatic carbocycles. The molecule has 0 bridgehead atoms. The van der Waals surface area contributed by atoms with Gasteiger partial charge in [0.1, 0.15) is 0 Å². The molecule has 22 heavy (non-hydrogen) atoms. The van der Waals surface area contributed by atoms with Gasteiger partial charge >= 0.3 is 0 Å². The molecule has 0 fully saturated rings. The number of nitrogens with one attached hydrogen (secondary N) is 1. The number of hydrogen-bond acceptors (Lipinski definition) is 3. The van der Waals surface area contributed by atoms with Crippen LogP contribution in [-0.2, 0) is 0 Å². The molecular weight excluding hydrogens is 272 g/mol. The van der Waals surface area contributed by atoms with Gasteiger partial charge in [0.15, 0.2) is 0 Å². The number of aliphatic hydroxyl groups is 1. The summed E-state index contributed by atoms with van der Waals surface area (Å²) in [5.74, 6) is 0. The van der Waals surface area contributed by atoms with Gasteiger partial charge in [0.25, 0.3) is 0 Å². The predicted octanol–water partition coefficient (Wildman–Crippen LogP) is 4.00. The Bertz CT molecular complexity index is 779. The van der Waals surface area contributed by atoms with Crippen LogP contribution in [0.2, 0.25) is 0 Å². The van der Waals surface area contributed by atoms with Crippen molar-refractivity contribution >= 4 is 16.6 Å². The zero-order valence-corrected chi connectivity index (χ0v) is 12.9. The molecule has 112 valence electrons. The molecule has 0 saturated heterocycles. The topological polar surface area (TPSA) is 45.1 Å². The summed E-state index contributed by atoms with van der Waals surface area (Å²) < 4.78 is 0. The highest BCUT2D eigenvalue weighted by Gasteiger charge is 2.08. The van der Waals surface area contributed by atoms with Crippen LogP contribution in [0.4, 0.5) is 5.69 Å². The standard InChI is InChI=1S/C19H20N2O/c1-13-7-9-15(10-8-13)18-11-19(20-12-14(2)22)16-5-3-4-6-17(16)21-18/h3-11,14,22H,12H2,1-2H3,(H,20,21). The van der Waals surface area contributed by atoms with Crippen molar-refractivity contribution in [1.29, 1.82) is 0 Å². The number of pyridine rings is 1. The Kier molecular flexibility index (Phi) is 4.07. The molecule has 2 aromatic carbocycles. The zero-order valence-electron chi connectivity index (χ0n) is 12.9. The Morgan fingerprint density at radius 3 is 2.55 bits per heavy atom. The Morgan fingerprint density at radius 2 is 1.82 bits per heavy atom. The number of aliphatic hydroxyl groups excluding tert-OH is 1. The molecule has 3 heteroatoms. The number of anilines is 1. The first-order valence-electron chi connectivity index (χ1n) is 7.52. The molecule has 1 atom stereocenters. The monoisotopic (exact) mass is 292 g/mol. The van der Waals surface area contributed by atoms with E-state index in [9.17, 15) is 5.11 Å². The fraction of sp³-hybridized carbons (Fsp3) is 0.211. The van der Waals surface area contributed by atoms with Crippen LogP contribution in [0.1, 0.15) is 12.5 Å². The van der Waals surface area contributed by atoms with Crippen LogP contribution in [0.3, 0.4) is 0 Å². The molecule has 3 aromatic rings. The first-order chi connectivity index (χ1) is 10.6. The van der Waals surface area contributed by atoms with Gasteiger partial charge < -0.3 is 10.4 Å². The van der Waals surface area contributed by atoms with E-state index in [2.05, 4.69) is 42.6 Å². The van der Waals surface area contributed by atoms with Crippen LogP contribution in [-0.4, -0.2) is 22.7 Å². The average Bonchev–Trinajstić information content (AvgIpc) is 2.53. The SMILES string of the molecule is Cc1ccc(-c2cc(NCC(C)O)c3ccccc3n2)cc1. The van der Waals surface area contributed by atoms with E-state index in [0.717, 1.165) is 27.8 Å². The Hall–Kier alpha value is -2.39. The smallest absolute Gasteiger partial charge is 0.0730 e. The maximum Gasteiger partial charge on any atom is 0.0730 e. The molecule has 0 radical (unpaired) electrons. The van der Waals surface area contributed by atoms with Crippen LogP contribution in [0.15, 0.2) is 54.6 Å².